The van der Waals surface area contributed by atoms with Crippen molar-refractivity contribution in [1.29, 1.82) is 0 Å². The van der Waals surface area contributed by atoms with E-state index < -0.39 is 0 Å². The van der Waals surface area contributed by atoms with Crippen molar-refractivity contribution in [1.82, 2.24) is 9.55 Å². The number of ether oxygens (including phenoxy) is 2. The molecular weight excluding hydrogens is 858 g/mol. The Morgan fingerprint density at radius 2 is 1.49 bits per heavy atom. The van der Waals surface area contributed by atoms with Gasteiger partial charge in [-0.15, -0.1) is 29.1 Å². The van der Waals surface area contributed by atoms with Crippen LogP contribution in [-0.2, 0) is 36.6 Å². The minimum atomic E-state index is -0.105. The first-order chi connectivity index (χ1) is 25.8. The van der Waals surface area contributed by atoms with Gasteiger partial charge in [0, 0.05) is 23.2 Å². The molecule has 1 saturated carbocycles. The molecule has 2 atom stereocenters. The quantitative estimate of drug-likeness (QED) is 0.150. The number of fused-ring (bicyclic) bond motifs is 3. The molecule has 0 N–H and O–H groups in total. The van der Waals surface area contributed by atoms with Crippen molar-refractivity contribution in [2.24, 2.45) is 10.9 Å². The molecule has 1 aliphatic heterocycles. The van der Waals surface area contributed by atoms with Crippen molar-refractivity contribution in [2.75, 3.05) is 0 Å². The number of hydrogen-bond acceptors (Lipinski definition) is 4. The maximum absolute atomic E-state index is 6.81. The third-order valence-electron chi connectivity index (χ3n) is 11.4. The van der Waals surface area contributed by atoms with Crippen LogP contribution in [-0.4, -0.2) is 21.5 Å². The molecule has 2 aliphatic rings. The van der Waals surface area contributed by atoms with Crippen LogP contribution in [0.4, 0.5) is 0 Å². The number of rotatable bonds is 7. The van der Waals surface area contributed by atoms with Crippen molar-refractivity contribution in [3.63, 3.8) is 0 Å². The molecule has 55 heavy (non-hydrogen) atoms. The van der Waals surface area contributed by atoms with E-state index in [0.717, 1.165) is 33.4 Å². The minimum Gasteiger partial charge on any atom is -0.510 e. The molecule has 0 unspecified atom stereocenters. The van der Waals surface area contributed by atoms with Crippen molar-refractivity contribution in [3.05, 3.63) is 131 Å². The van der Waals surface area contributed by atoms with Gasteiger partial charge in [0.2, 0.25) is 0 Å². The first kappa shape index (κ1) is 39.0. The van der Waals surface area contributed by atoms with E-state index in [-0.39, 0.29) is 50.0 Å². The van der Waals surface area contributed by atoms with Crippen LogP contribution in [0.5, 0.6) is 11.5 Å². The molecule has 0 saturated heterocycles. The van der Waals surface area contributed by atoms with Crippen LogP contribution in [0.15, 0.2) is 96.1 Å². The van der Waals surface area contributed by atoms with Gasteiger partial charge in [-0.25, -0.2) is 4.98 Å². The van der Waals surface area contributed by atoms with Gasteiger partial charge >= 0.3 is 21.1 Å². The predicted octanol–water partition coefficient (Wildman–Crippen LogP) is 12.8. The predicted molar refractivity (Wildman–Crippen MR) is 221 cm³/mol. The average Bonchev–Trinajstić information content (AvgIpc) is 3.75. The van der Waals surface area contributed by atoms with E-state index in [2.05, 4.69) is 151 Å². The molecule has 0 amide bonds. The van der Waals surface area contributed by atoms with E-state index >= 15 is 0 Å². The number of aliphatic imine (C=N–C) groups is 1. The first-order valence-electron chi connectivity index (χ1n) is 19.9. The summed E-state index contributed by atoms with van der Waals surface area (Å²) in [6.07, 6.45) is 8.03. The average molecular weight is 911 g/mol. The van der Waals surface area contributed by atoms with Crippen LogP contribution in [0.3, 0.4) is 0 Å². The molecule has 8 rings (SSSR count). The van der Waals surface area contributed by atoms with Gasteiger partial charge in [-0.05, 0) is 75.8 Å². The number of aromatic nitrogens is 2. The molecule has 6 heteroatoms. The summed E-state index contributed by atoms with van der Waals surface area (Å²) in [5, 5.41) is 2.29. The standard InChI is InChI=1S/C49H53N3O2.Pt/c1-31(2)34-25-35(47-51-45(32-15-11-9-12-16-32)46(54-47)33-17-13-10-14-18-33)27-39(26-34)53-38-20-21-40-41-28-36(48(3,4)5)19-22-42(41)52(43(40)30-38)44-29-37(23-24-50-44)49(6,7)8;/h10,13-14,17-26,28-29,31-32,45-46H,9,11-12,15-16H2,1-8H3;/q-2;+2/t45-,46-;/m1./s1. The molecule has 4 aromatic carbocycles. The van der Waals surface area contributed by atoms with Crippen LogP contribution in [0.25, 0.3) is 27.6 Å². The smallest absolute Gasteiger partial charge is 0.510 e. The van der Waals surface area contributed by atoms with E-state index in [0.29, 0.717) is 23.3 Å². The normalized spacial score (nSPS) is 18.0. The van der Waals surface area contributed by atoms with E-state index in [1.54, 1.807) is 0 Å². The van der Waals surface area contributed by atoms with Crippen molar-refractivity contribution >= 4 is 27.7 Å². The number of nitrogens with zero attached hydrogens (tertiary/aromatic N) is 3. The van der Waals surface area contributed by atoms with Gasteiger partial charge in [0.05, 0.1) is 6.04 Å². The van der Waals surface area contributed by atoms with Gasteiger partial charge in [0.25, 0.3) is 0 Å². The molecule has 1 fully saturated rings. The van der Waals surface area contributed by atoms with E-state index in [1.807, 2.05) is 12.3 Å². The second-order valence-corrected chi connectivity index (χ2v) is 17.8. The van der Waals surface area contributed by atoms with Gasteiger partial charge < -0.3 is 14.0 Å². The molecule has 6 aromatic rings. The molecular formula is C49H53N3O2Pt. The molecule has 5 nitrogen and oxygen atoms in total. The van der Waals surface area contributed by atoms with Crippen molar-refractivity contribution in [2.45, 2.75) is 116 Å². The largest absolute Gasteiger partial charge is 2.00 e. The van der Waals surface area contributed by atoms with Gasteiger partial charge in [-0.2, -0.15) is 6.07 Å². The summed E-state index contributed by atoms with van der Waals surface area (Å²) in [5.74, 6) is 3.55. The van der Waals surface area contributed by atoms with Gasteiger partial charge in [0.15, 0.2) is 0 Å². The Hall–Kier alpha value is -4.21. The molecule has 0 radical (unpaired) electrons. The number of benzene rings is 4. The topological polar surface area (TPSA) is 48.6 Å². The van der Waals surface area contributed by atoms with Crippen LogP contribution in [0.2, 0.25) is 0 Å². The van der Waals surface area contributed by atoms with Crippen LogP contribution < -0.4 is 4.74 Å². The zero-order valence-electron chi connectivity index (χ0n) is 33.5. The fraction of sp³-hybridized carbons (Fsp3) is 0.388. The summed E-state index contributed by atoms with van der Waals surface area (Å²) in [7, 11) is 0. The zero-order valence-corrected chi connectivity index (χ0v) is 35.8. The first-order valence-corrected chi connectivity index (χ1v) is 19.9. The third kappa shape index (κ3) is 7.92. The second-order valence-electron chi connectivity index (χ2n) is 17.8. The van der Waals surface area contributed by atoms with E-state index in [4.69, 9.17) is 19.5 Å². The maximum atomic E-state index is 6.81. The van der Waals surface area contributed by atoms with Crippen LogP contribution >= 0.6 is 0 Å². The molecule has 2 aromatic heterocycles. The Morgan fingerprint density at radius 3 is 2.20 bits per heavy atom. The number of pyridine rings is 1. The Bertz CT molecular complexity index is 2340. The molecule has 3 heterocycles. The monoisotopic (exact) mass is 910 g/mol. The Kier molecular flexibility index (Phi) is 10.9. The summed E-state index contributed by atoms with van der Waals surface area (Å²) in [6, 6.07) is 37.5. The molecule has 286 valence electrons. The van der Waals surface area contributed by atoms with Crippen LogP contribution in [0, 0.1) is 18.1 Å². The second kappa shape index (κ2) is 15.4. The van der Waals surface area contributed by atoms with Crippen LogP contribution in [0.1, 0.15) is 127 Å². The third-order valence-corrected chi connectivity index (χ3v) is 11.4. The summed E-state index contributed by atoms with van der Waals surface area (Å²) in [5.41, 5.74) is 7.70. The Morgan fingerprint density at radius 1 is 0.764 bits per heavy atom. The fourth-order valence-electron chi connectivity index (χ4n) is 8.18. The SMILES string of the molecule is CC(C)c1cc(Oc2[c-]c3c(cc2)c2cc(C(C)(C)C)ccc2n3-c2cc(C(C)(C)C)ccn2)[c-]c(C2=N[C@H](C3CCCCC3)[C@@H](c3ccccc3)O2)c1.[Pt+2]. The van der Waals surface area contributed by atoms with Gasteiger partial charge in [-0.1, -0.05) is 140 Å². The van der Waals surface area contributed by atoms with Crippen molar-refractivity contribution < 1.29 is 30.5 Å². The van der Waals surface area contributed by atoms with Crippen molar-refractivity contribution in [3.8, 4) is 17.3 Å². The van der Waals surface area contributed by atoms with E-state index in [9.17, 15) is 0 Å². The number of hydrogen-bond donors (Lipinski definition) is 0. The fourth-order valence-corrected chi connectivity index (χ4v) is 8.18. The summed E-state index contributed by atoms with van der Waals surface area (Å²) in [6.45, 7) is 17.9. The van der Waals surface area contributed by atoms with Gasteiger partial charge in [-0.3, -0.25) is 4.99 Å². The molecule has 0 spiro atoms. The molecule has 1 aliphatic carbocycles. The van der Waals surface area contributed by atoms with E-state index in [1.165, 1.54) is 54.2 Å². The summed E-state index contributed by atoms with van der Waals surface area (Å²) in [4.78, 5) is 10.2. The van der Waals surface area contributed by atoms with Gasteiger partial charge in [0.1, 0.15) is 17.8 Å². The zero-order chi connectivity index (χ0) is 37.8. The minimum absolute atomic E-state index is 0. The maximum Gasteiger partial charge on any atom is 2.00 e. The summed E-state index contributed by atoms with van der Waals surface area (Å²) < 4.78 is 15.8. The Balaban J connectivity index is 0.00000465. The molecule has 0 bridgehead atoms. The Labute approximate surface area is 341 Å². The summed E-state index contributed by atoms with van der Waals surface area (Å²) >= 11 is 0.